The van der Waals surface area contributed by atoms with Gasteiger partial charge in [-0.1, -0.05) is 22.0 Å². The van der Waals surface area contributed by atoms with E-state index in [2.05, 4.69) is 27.9 Å². The molecule has 2 rings (SSSR count). The van der Waals surface area contributed by atoms with Crippen LogP contribution in [0.2, 0.25) is 0 Å². The van der Waals surface area contributed by atoms with Gasteiger partial charge in [-0.05, 0) is 50.6 Å². The van der Waals surface area contributed by atoms with Crippen molar-refractivity contribution in [2.24, 2.45) is 5.73 Å². The highest BCUT2D eigenvalue weighted by Gasteiger charge is 2.20. The molecule has 0 amide bonds. The number of ether oxygens (including phenoxy) is 1. The summed E-state index contributed by atoms with van der Waals surface area (Å²) in [5.41, 5.74) is 6.73. The summed E-state index contributed by atoms with van der Waals surface area (Å²) in [6, 6.07) is 6.70. The molecular weight excluding hydrogens is 292 g/mol. The predicted octanol–water partition coefficient (Wildman–Crippen LogP) is 2.77. The van der Waals surface area contributed by atoms with Gasteiger partial charge in [0, 0.05) is 17.1 Å². The molecule has 3 nitrogen and oxygen atoms in total. The number of nitrogens with zero attached hydrogens (tertiary/aromatic N) is 1. The van der Waals surface area contributed by atoms with E-state index in [-0.39, 0.29) is 0 Å². The van der Waals surface area contributed by atoms with E-state index in [0.29, 0.717) is 12.6 Å². The molecule has 0 aliphatic carbocycles. The fourth-order valence-electron chi connectivity index (χ4n) is 2.44. The highest BCUT2D eigenvalue weighted by molar-refractivity contribution is 9.10. The molecule has 4 heteroatoms. The summed E-state index contributed by atoms with van der Waals surface area (Å²) < 4.78 is 6.83. The number of halogens is 1. The van der Waals surface area contributed by atoms with Crippen molar-refractivity contribution in [1.29, 1.82) is 0 Å². The lowest BCUT2D eigenvalue weighted by atomic mass is 10.1. The molecule has 0 radical (unpaired) electrons. The normalized spacial score (nSPS) is 20.3. The summed E-state index contributed by atoms with van der Waals surface area (Å²) in [5, 5.41) is 0. The maximum atomic E-state index is 5.80. The summed E-state index contributed by atoms with van der Waals surface area (Å²) >= 11 is 3.51. The molecule has 0 spiro atoms. The van der Waals surface area contributed by atoms with Gasteiger partial charge in [-0.25, -0.2) is 0 Å². The van der Waals surface area contributed by atoms with E-state index in [1.807, 2.05) is 18.2 Å². The summed E-state index contributed by atoms with van der Waals surface area (Å²) in [6.07, 6.45) is 3.72. The van der Waals surface area contributed by atoms with Crippen LogP contribution in [0.5, 0.6) is 5.75 Å². The van der Waals surface area contributed by atoms with Crippen LogP contribution in [0.3, 0.4) is 0 Å². The van der Waals surface area contributed by atoms with E-state index in [4.69, 9.17) is 10.5 Å². The molecule has 1 unspecified atom stereocenters. The van der Waals surface area contributed by atoms with Crippen LogP contribution in [0, 0.1) is 0 Å². The molecule has 18 heavy (non-hydrogen) atoms. The third-order valence-electron chi connectivity index (χ3n) is 3.64. The van der Waals surface area contributed by atoms with Gasteiger partial charge in [-0.3, -0.25) is 0 Å². The van der Waals surface area contributed by atoms with Crippen LogP contribution in [0.25, 0.3) is 0 Å². The van der Waals surface area contributed by atoms with Crippen molar-refractivity contribution in [3.63, 3.8) is 0 Å². The third-order valence-corrected chi connectivity index (χ3v) is 4.37. The van der Waals surface area contributed by atoms with Gasteiger partial charge < -0.3 is 15.4 Å². The second-order valence-electron chi connectivity index (χ2n) is 4.87. The molecule has 0 bridgehead atoms. The SMILES string of the molecule is CN1CCCC1CCOc1ccc(CN)c(Br)c1. The van der Waals surface area contributed by atoms with Crippen molar-refractivity contribution in [3.8, 4) is 5.75 Å². The van der Waals surface area contributed by atoms with Crippen molar-refractivity contribution in [3.05, 3.63) is 28.2 Å². The molecule has 100 valence electrons. The van der Waals surface area contributed by atoms with E-state index in [9.17, 15) is 0 Å². The second kappa shape index (κ2) is 6.55. The molecule has 1 fully saturated rings. The number of likely N-dealkylation sites (tertiary alicyclic amines) is 1. The largest absolute Gasteiger partial charge is 0.493 e. The summed E-state index contributed by atoms with van der Waals surface area (Å²) in [5.74, 6) is 0.916. The predicted molar refractivity (Wildman–Crippen MR) is 77.8 cm³/mol. The van der Waals surface area contributed by atoms with E-state index in [0.717, 1.165) is 28.8 Å². The molecule has 1 aromatic rings. The first-order chi connectivity index (χ1) is 8.70. The Labute approximate surface area is 117 Å². The molecule has 0 saturated carbocycles. The molecular formula is C14H21BrN2O. The van der Waals surface area contributed by atoms with Crippen LogP contribution >= 0.6 is 15.9 Å². The summed E-state index contributed by atoms with van der Waals surface area (Å²) in [7, 11) is 2.20. The van der Waals surface area contributed by atoms with Gasteiger partial charge >= 0.3 is 0 Å². The Balaban J connectivity index is 1.81. The maximum Gasteiger partial charge on any atom is 0.120 e. The Kier molecular flexibility index (Phi) is 5.03. The van der Waals surface area contributed by atoms with Crippen molar-refractivity contribution in [2.45, 2.75) is 31.8 Å². The van der Waals surface area contributed by atoms with E-state index in [1.54, 1.807) is 0 Å². The minimum Gasteiger partial charge on any atom is -0.493 e. The van der Waals surface area contributed by atoms with Gasteiger partial charge in [0.2, 0.25) is 0 Å². The maximum absolute atomic E-state index is 5.80. The zero-order chi connectivity index (χ0) is 13.0. The standard InChI is InChI=1S/C14H21BrN2O/c1-17-7-2-3-12(17)6-8-18-13-5-4-11(10-16)14(15)9-13/h4-5,9,12H,2-3,6-8,10,16H2,1H3. The van der Waals surface area contributed by atoms with Crippen LogP contribution in [0.15, 0.2) is 22.7 Å². The van der Waals surface area contributed by atoms with Crippen LogP contribution in [0.4, 0.5) is 0 Å². The lowest BCUT2D eigenvalue weighted by molar-refractivity contribution is 0.233. The zero-order valence-electron chi connectivity index (χ0n) is 10.9. The van der Waals surface area contributed by atoms with Crippen LogP contribution in [0.1, 0.15) is 24.8 Å². The summed E-state index contributed by atoms with van der Waals surface area (Å²) in [4.78, 5) is 2.43. The summed E-state index contributed by atoms with van der Waals surface area (Å²) in [6.45, 7) is 2.55. The quantitative estimate of drug-likeness (QED) is 0.908. The van der Waals surface area contributed by atoms with Crippen molar-refractivity contribution < 1.29 is 4.74 Å². The molecule has 1 saturated heterocycles. The Bertz CT molecular complexity index is 397. The van der Waals surface area contributed by atoms with Crippen molar-refractivity contribution in [1.82, 2.24) is 4.90 Å². The molecule has 1 aliphatic heterocycles. The fraction of sp³-hybridized carbons (Fsp3) is 0.571. The number of nitrogens with two attached hydrogens (primary N) is 1. The minimum atomic E-state index is 0.549. The van der Waals surface area contributed by atoms with Gasteiger partial charge in [0.15, 0.2) is 0 Å². The number of hydrogen-bond donors (Lipinski definition) is 1. The Hall–Kier alpha value is -0.580. The monoisotopic (exact) mass is 312 g/mol. The molecule has 1 aromatic carbocycles. The first kappa shape index (κ1) is 13.8. The topological polar surface area (TPSA) is 38.5 Å². The van der Waals surface area contributed by atoms with Crippen LogP contribution in [-0.4, -0.2) is 31.1 Å². The average Bonchev–Trinajstić information content (AvgIpc) is 2.75. The number of benzene rings is 1. The Morgan fingerprint density at radius 1 is 1.50 bits per heavy atom. The smallest absolute Gasteiger partial charge is 0.120 e. The minimum absolute atomic E-state index is 0.549. The number of hydrogen-bond acceptors (Lipinski definition) is 3. The van der Waals surface area contributed by atoms with Gasteiger partial charge in [0.1, 0.15) is 5.75 Å². The van der Waals surface area contributed by atoms with E-state index >= 15 is 0 Å². The van der Waals surface area contributed by atoms with Crippen molar-refractivity contribution >= 4 is 15.9 Å². The lowest BCUT2D eigenvalue weighted by Gasteiger charge is -2.19. The van der Waals surface area contributed by atoms with Crippen molar-refractivity contribution in [2.75, 3.05) is 20.2 Å². The lowest BCUT2D eigenvalue weighted by Crippen LogP contribution is -2.26. The number of rotatable bonds is 5. The second-order valence-corrected chi connectivity index (χ2v) is 5.73. The van der Waals surface area contributed by atoms with Gasteiger partial charge in [-0.15, -0.1) is 0 Å². The average molecular weight is 313 g/mol. The highest BCUT2D eigenvalue weighted by Crippen LogP contribution is 2.23. The van der Waals surface area contributed by atoms with E-state index < -0.39 is 0 Å². The van der Waals surface area contributed by atoms with Crippen LogP contribution < -0.4 is 10.5 Å². The first-order valence-corrected chi connectivity index (χ1v) is 7.31. The van der Waals surface area contributed by atoms with Gasteiger partial charge in [0.25, 0.3) is 0 Å². The molecule has 1 aliphatic rings. The zero-order valence-corrected chi connectivity index (χ0v) is 12.4. The molecule has 1 atom stereocenters. The Morgan fingerprint density at radius 2 is 2.33 bits per heavy atom. The molecule has 0 aromatic heterocycles. The van der Waals surface area contributed by atoms with E-state index in [1.165, 1.54) is 19.4 Å². The molecule has 1 heterocycles. The van der Waals surface area contributed by atoms with Gasteiger partial charge in [-0.2, -0.15) is 0 Å². The Morgan fingerprint density at radius 3 is 2.94 bits per heavy atom. The van der Waals surface area contributed by atoms with Crippen LogP contribution in [-0.2, 0) is 6.54 Å². The fourth-order valence-corrected chi connectivity index (χ4v) is 2.96. The van der Waals surface area contributed by atoms with Gasteiger partial charge in [0.05, 0.1) is 6.61 Å². The first-order valence-electron chi connectivity index (χ1n) is 6.52. The highest BCUT2D eigenvalue weighted by atomic mass is 79.9. The molecule has 2 N–H and O–H groups in total. The third kappa shape index (κ3) is 3.46.